The molecular weight excluding hydrogens is 326 g/mol. The lowest BCUT2D eigenvalue weighted by molar-refractivity contribution is 0.270. The van der Waals surface area contributed by atoms with Gasteiger partial charge in [-0.25, -0.2) is 0 Å². The summed E-state index contributed by atoms with van der Waals surface area (Å²) >= 11 is 0. The zero-order valence-electron chi connectivity index (χ0n) is 16.2. The zero-order chi connectivity index (χ0) is 18.7. The maximum Gasteiger partial charge on any atom is 0.192 e. The maximum absolute atomic E-state index is 9.48. The number of nitriles is 1. The van der Waals surface area contributed by atoms with Gasteiger partial charge < -0.3 is 14.3 Å². The van der Waals surface area contributed by atoms with Crippen LogP contribution in [-0.4, -0.2) is 19.5 Å². The molecule has 0 atom stereocenters. The fourth-order valence-electron chi connectivity index (χ4n) is 2.44. The fraction of sp³-hybridized carbons (Fsp3) is 0.450. The fourth-order valence-corrected chi connectivity index (χ4v) is 3.47. The molecule has 0 aliphatic carbocycles. The minimum atomic E-state index is -1.77. The Morgan fingerprint density at radius 3 is 2.40 bits per heavy atom. The van der Waals surface area contributed by atoms with Gasteiger partial charge in [-0.1, -0.05) is 39.0 Å². The average molecular weight is 356 g/mol. The van der Waals surface area contributed by atoms with Gasteiger partial charge in [-0.3, -0.25) is 0 Å². The monoisotopic (exact) mass is 355 g/mol. The second-order valence-corrected chi connectivity index (χ2v) is 12.7. The molecule has 25 heavy (non-hydrogen) atoms. The Morgan fingerprint density at radius 2 is 1.84 bits per heavy atom. The summed E-state index contributed by atoms with van der Waals surface area (Å²) in [5.41, 5.74) is 3.70. The van der Waals surface area contributed by atoms with Gasteiger partial charge in [0.2, 0.25) is 0 Å². The van der Waals surface area contributed by atoms with E-state index in [0.717, 1.165) is 17.1 Å². The van der Waals surface area contributed by atoms with Gasteiger partial charge in [-0.15, -0.1) is 0 Å². The summed E-state index contributed by atoms with van der Waals surface area (Å²) in [6.45, 7) is 14.6. The van der Waals surface area contributed by atoms with E-state index in [1.807, 2.05) is 47.9 Å². The molecule has 0 saturated heterocycles. The number of aromatic nitrogens is 1. The second-order valence-electron chi connectivity index (χ2n) is 7.89. The summed E-state index contributed by atoms with van der Waals surface area (Å²) in [5, 5.41) is 13.1. The molecule has 0 radical (unpaired) electrons. The van der Waals surface area contributed by atoms with Gasteiger partial charge >= 0.3 is 0 Å². The molecule has 0 bridgehead atoms. The van der Waals surface area contributed by atoms with Crippen LogP contribution in [0.25, 0.3) is 0 Å². The number of hydrogen-bond acceptors (Lipinski definition) is 3. The summed E-state index contributed by atoms with van der Waals surface area (Å²) in [6, 6.07) is 14.2. The van der Waals surface area contributed by atoms with Gasteiger partial charge in [0.25, 0.3) is 0 Å². The van der Waals surface area contributed by atoms with Crippen LogP contribution in [0.15, 0.2) is 36.4 Å². The average Bonchev–Trinajstić information content (AvgIpc) is 2.83. The first-order valence-corrected chi connectivity index (χ1v) is 11.6. The first-order valence-electron chi connectivity index (χ1n) is 8.72. The van der Waals surface area contributed by atoms with Crippen LogP contribution in [0.3, 0.4) is 0 Å². The highest BCUT2D eigenvalue weighted by Crippen LogP contribution is 2.36. The Bertz CT molecular complexity index is 752. The highest BCUT2D eigenvalue weighted by Gasteiger charge is 2.36. The van der Waals surface area contributed by atoms with Crippen molar-refractivity contribution in [1.29, 1.82) is 5.26 Å². The summed E-state index contributed by atoms with van der Waals surface area (Å²) in [4.78, 5) is 0. The quantitative estimate of drug-likeness (QED) is 0.703. The van der Waals surface area contributed by atoms with Crippen molar-refractivity contribution in [2.24, 2.45) is 0 Å². The molecule has 0 unspecified atom stereocenters. The molecule has 4 nitrogen and oxygen atoms in total. The molecule has 2 rings (SSSR count). The summed E-state index contributed by atoms with van der Waals surface area (Å²) < 4.78 is 8.31. The molecule has 1 aromatic heterocycles. The van der Waals surface area contributed by atoms with Crippen LogP contribution in [0.1, 0.15) is 32.2 Å². The minimum Gasteiger partial charge on any atom is -0.415 e. The molecule has 1 N–H and O–H groups in total. The van der Waals surface area contributed by atoms with Crippen LogP contribution in [0, 0.1) is 18.3 Å². The second kappa shape index (κ2) is 7.47. The van der Waals surface area contributed by atoms with E-state index in [2.05, 4.69) is 45.3 Å². The molecule has 0 amide bonds. The molecule has 134 valence electrons. The number of benzene rings is 1. The highest BCUT2D eigenvalue weighted by atomic mass is 28.4. The summed E-state index contributed by atoms with van der Waals surface area (Å²) in [7, 11) is -1.77. The number of hydrogen-bond donors (Lipinski definition) is 1. The zero-order valence-corrected chi connectivity index (χ0v) is 17.2. The SMILES string of the molecule is Cc1c(Nc2ccccc2)cc(C#N)n1CCO[Si](C)(C)C(C)(C)C. The molecule has 0 fully saturated rings. The van der Waals surface area contributed by atoms with E-state index < -0.39 is 8.32 Å². The topological polar surface area (TPSA) is 50.0 Å². The van der Waals surface area contributed by atoms with Gasteiger partial charge in [-0.2, -0.15) is 5.26 Å². The van der Waals surface area contributed by atoms with Crippen molar-refractivity contribution in [2.75, 3.05) is 11.9 Å². The Morgan fingerprint density at radius 1 is 1.20 bits per heavy atom. The number of rotatable bonds is 6. The summed E-state index contributed by atoms with van der Waals surface area (Å²) in [6.07, 6.45) is 0. The van der Waals surface area contributed by atoms with Crippen molar-refractivity contribution < 1.29 is 4.43 Å². The first-order chi connectivity index (χ1) is 11.7. The summed E-state index contributed by atoms with van der Waals surface area (Å²) in [5.74, 6) is 0. The molecule has 0 saturated carbocycles. The van der Waals surface area contributed by atoms with Crippen LogP contribution in [0.5, 0.6) is 0 Å². The van der Waals surface area contributed by atoms with Crippen molar-refractivity contribution >= 4 is 19.7 Å². The van der Waals surface area contributed by atoms with Crippen molar-refractivity contribution in [2.45, 2.75) is 52.4 Å². The van der Waals surface area contributed by atoms with Gasteiger partial charge in [0, 0.05) is 17.9 Å². The number of nitrogens with zero attached hydrogens (tertiary/aromatic N) is 2. The Hall–Kier alpha value is -2.03. The third kappa shape index (κ3) is 4.53. The van der Waals surface area contributed by atoms with E-state index in [-0.39, 0.29) is 5.04 Å². The van der Waals surface area contributed by atoms with Crippen molar-refractivity contribution in [1.82, 2.24) is 4.57 Å². The molecule has 0 aliphatic rings. The number of para-hydroxylation sites is 1. The Kier molecular flexibility index (Phi) is 5.76. The van der Waals surface area contributed by atoms with Crippen molar-refractivity contribution in [3.63, 3.8) is 0 Å². The van der Waals surface area contributed by atoms with Crippen LogP contribution in [-0.2, 0) is 11.0 Å². The molecule has 5 heteroatoms. The first kappa shape index (κ1) is 19.3. The van der Waals surface area contributed by atoms with E-state index in [1.165, 1.54) is 0 Å². The third-order valence-electron chi connectivity index (χ3n) is 5.12. The Balaban J connectivity index is 2.12. The van der Waals surface area contributed by atoms with Crippen LogP contribution in [0.2, 0.25) is 18.1 Å². The van der Waals surface area contributed by atoms with Gasteiger partial charge in [0.1, 0.15) is 11.8 Å². The Labute approximate surface area is 152 Å². The van der Waals surface area contributed by atoms with Crippen molar-refractivity contribution in [3.05, 3.63) is 47.8 Å². The van der Waals surface area contributed by atoms with Gasteiger partial charge in [-0.05, 0) is 43.3 Å². The molecule has 1 aromatic carbocycles. The van der Waals surface area contributed by atoms with Gasteiger partial charge in [0.05, 0.1) is 12.3 Å². The van der Waals surface area contributed by atoms with Crippen LogP contribution >= 0.6 is 0 Å². The van der Waals surface area contributed by atoms with Crippen molar-refractivity contribution in [3.8, 4) is 6.07 Å². The standard InChI is InChI=1S/C20H29N3OSi/c1-16-19(22-17-10-8-7-9-11-17)14-18(15-21)23(16)12-13-24-25(5,6)20(2,3)4/h7-11,14,22H,12-13H2,1-6H3. The van der Waals surface area contributed by atoms with Gasteiger partial charge in [0.15, 0.2) is 8.32 Å². The number of anilines is 2. The predicted molar refractivity (Wildman–Crippen MR) is 107 cm³/mol. The van der Waals surface area contributed by atoms with E-state index in [1.54, 1.807) is 0 Å². The van der Waals surface area contributed by atoms with Crippen LogP contribution in [0.4, 0.5) is 11.4 Å². The lowest BCUT2D eigenvalue weighted by Crippen LogP contribution is -2.41. The smallest absolute Gasteiger partial charge is 0.192 e. The third-order valence-corrected chi connectivity index (χ3v) is 9.66. The largest absolute Gasteiger partial charge is 0.415 e. The molecule has 0 aliphatic heterocycles. The molecule has 2 aromatic rings. The van der Waals surface area contributed by atoms with E-state index in [9.17, 15) is 5.26 Å². The lowest BCUT2D eigenvalue weighted by atomic mass is 10.2. The van der Waals surface area contributed by atoms with Crippen LogP contribution < -0.4 is 5.32 Å². The minimum absolute atomic E-state index is 0.191. The lowest BCUT2D eigenvalue weighted by Gasteiger charge is -2.36. The normalized spacial score (nSPS) is 12.0. The van der Waals surface area contributed by atoms with E-state index >= 15 is 0 Å². The highest BCUT2D eigenvalue weighted by molar-refractivity contribution is 6.74. The maximum atomic E-state index is 9.48. The predicted octanol–water partition coefficient (Wildman–Crippen LogP) is 5.43. The van der Waals surface area contributed by atoms with E-state index in [4.69, 9.17) is 4.43 Å². The molecular formula is C20H29N3OSi. The molecule has 1 heterocycles. The van der Waals surface area contributed by atoms with E-state index in [0.29, 0.717) is 18.8 Å². The molecule has 0 spiro atoms. The number of nitrogens with one attached hydrogen (secondary N) is 1.